The van der Waals surface area contributed by atoms with E-state index in [9.17, 15) is 13.2 Å². The first-order valence-electron chi connectivity index (χ1n) is 5.17. The SMILES string of the molecule is CCC(C)CC(=O)C1CCS(=O)(=O)C1. The molecular weight excluding hydrogens is 200 g/mol. The van der Waals surface area contributed by atoms with Gasteiger partial charge in [0.15, 0.2) is 9.84 Å². The Morgan fingerprint density at radius 3 is 2.57 bits per heavy atom. The van der Waals surface area contributed by atoms with Gasteiger partial charge in [-0.1, -0.05) is 20.3 Å². The molecule has 2 atom stereocenters. The molecule has 0 bridgehead atoms. The van der Waals surface area contributed by atoms with Gasteiger partial charge >= 0.3 is 0 Å². The van der Waals surface area contributed by atoms with Crippen molar-refractivity contribution in [3.05, 3.63) is 0 Å². The molecule has 4 heteroatoms. The second-order valence-corrected chi connectivity index (χ2v) is 6.51. The molecule has 3 nitrogen and oxygen atoms in total. The Morgan fingerprint density at radius 1 is 1.50 bits per heavy atom. The lowest BCUT2D eigenvalue weighted by atomic mass is 9.94. The summed E-state index contributed by atoms with van der Waals surface area (Å²) in [5.74, 6) is 0.590. The third-order valence-electron chi connectivity index (χ3n) is 2.93. The maximum absolute atomic E-state index is 11.6. The van der Waals surface area contributed by atoms with Crippen LogP contribution in [0.3, 0.4) is 0 Å². The summed E-state index contributed by atoms with van der Waals surface area (Å²) >= 11 is 0. The molecule has 0 aliphatic carbocycles. The predicted octanol–water partition coefficient (Wildman–Crippen LogP) is 1.43. The number of carbonyl (C=O) groups excluding carboxylic acids is 1. The van der Waals surface area contributed by atoms with Gasteiger partial charge in [0.25, 0.3) is 0 Å². The van der Waals surface area contributed by atoms with Gasteiger partial charge in [-0.3, -0.25) is 4.79 Å². The van der Waals surface area contributed by atoms with Gasteiger partial charge in [0.05, 0.1) is 11.5 Å². The van der Waals surface area contributed by atoms with Crippen LogP contribution < -0.4 is 0 Å². The molecule has 0 saturated carbocycles. The summed E-state index contributed by atoms with van der Waals surface area (Å²) in [6.45, 7) is 4.07. The van der Waals surface area contributed by atoms with Crippen molar-refractivity contribution in [2.75, 3.05) is 11.5 Å². The Morgan fingerprint density at radius 2 is 2.14 bits per heavy atom. The number of hydrogen-bond acceptors (Lipinski definition) is 3. The highest BCUT2D eigenvalue weighted by atomic mass is 32.2. The average molecular weight is 218 g/mol. The topological polar surface area (TPSA) is 51.2 Å². The van der Waals surface area contributed by atoms with Crippen LogP contribution in [-0.2, 0) is 14.6 Å². The van der Waals surface area contributed by atoms with E-state index in [2.05, 4.69) is 0 Å². The van der Waals surface area contributed by atoms with Crippen LogP contribution in [0.1, 0.15) is 33.1 Å². The number of hydrogen-bond donors (Lipinski definition) is 0. The molecule has 14 heavy (non-hydrogen) atoms. The van der Waals surface area contributed by atoms with E-state index < -0.39 is 9.84 Å². The largest absolute Gasteiger partial charge is 0.299 e. The molecule has 1 rings (SSSR count). The number of sulfone groups is 1. The standard InChI is InChI=1S/C10H18O3S/c1-3-8(2)6-10(11)9-4-5-14(12,13)7-9/h8-9H,3-7H2,1-2H3. The first kappa shape index (κ1) is 11.7. The fourth-order valence-electron chi connectivity index (χ4n) is 1.70. The van der Waals surface area contributed by atoms with Gasteiger partial charge in [-0.25, -0.2) is 8.42 Å². The van der Waals surface area contributed by atoms with E-state index in [1.165, 1.54) is 0 Å². The van der Waals surface area contributed by atoms with Gasteiger partial charge in [-0.05, 0) is 12.3 Å². The van der Waals surface area contributed by atoms with Gasteiger partial charge in [0, 0.05) is 12.3 Å². The Hall–Kier alpha value is -0.380. The molecule has 0 radical (unpaired) electrons. The summed E-state index contributed by atoms with van der Waals surface area (Å²) in [7, 11) is -2.90. The van der Waals surface area contributed by atoms with Crippen molar-refractivity contribution in [1.82, 2.24) is 0 Å². The smallest absolute Gasteiger partial charge is 0.151 e. The normalized spacial score (nSPS) is 27.4. The first-order valence-corrected chi connectivity index (χ1v) is 7.00. The maximum Gasteiger partial charge on any atom is 0.151 e. The number of ketones is 1. The van der Waals surface area contributed by atoms with Gasteiger partial charge in [0.1, 0.15) is 5.78 Å². The van der Waals surface area contributed by atoms with Crippen molar-refractivity contribution in [2.24, 2.45) is 11.8 Å². The third-order valence-corrected chi connectivity index (χ3v) is 4.70. The van der Waals surface area contributed by atoms with Crippen molar-refractivity contribution < 1.29 is 13.2 Å². The van der Waals surface area contributed by atoms with E-state index in [1.54, 1.807) is 0 Å². The number of Topliss-reactive ketones (excluding diaryl/α,β-unsaturated/α-hetero) is 1. The summed E-state index contributed by atoms with van der Waals surface area (Å²) in [6.07, 6.45) is 2.06. The molecule has 2 unspecified atom stereocenters. The van der Waals surface area contributed by atoms with Crippen molar-refractivity contribution in [3.63, 3.8) is 0 Å². The molecule has 82 valence electrons. The molecular formula is C10H18O3S. The minimum Gasteiger partial charge on any atom is -0.299 e. The molecule has 1 aliphatic rings. The Balaban J connectivity index is 2.48. The average Bonchev–Trinajstić information content (AvgIpc) is 2.46. The van der Waals surface area contributed by atoms with Crippen molar-refractivity contribution in [3.8, 4) is 0 Å². The lowest BCUT2D eigenvalue weighted by Gasteiger charge is -2.10. The monoisotopic (exact) mass is 218 g/mol. The van der Waals surface area contributed by atoms with E-state index in [-0.39, 0.29) is 23.2 Å². The zero-order valence-electron chi connectivity index (χ0n) is 8.82. The summed E-state index contributed by atoms with van der Waals surface area (Å²) in [4.78, 5) is 11.6. The van der Waals surface area contributed by atoms with E-state index in [0.29, 0.717) is 18.8 Å². The molecule has 1 saturated heterocycles. The van der Waals surface area contributed by atoms with Crippen LogP contribution in [-0.4, -0.2) is 25.7 Å². The van der Waals surface area contributed by atoms with E-state index in [1.807, 2.05) is 13.8 Å². The molecule has 1 heterocycles. The van der Waals surface area contributed by atoms with Crippen LogP contribution in [0, 0.1) is 11.8 Å². The fraction of sp³-hybridized carbons (Fsp3) is 0.900. The zero-order chi connectivity index (χ0) is 10.8. The summed E-state index contributed by atoms with van der Waals surface area (Å²) in [6, 6.07) is 0. The fourth-order valence-corrected chi connectivity index (χ4v) is 3.48. The number of carbonyl (C=O) groups is 1. The maximum atomic E-state index is 11.6. The first-order chi connectivity index (χ1) is 6.44. The lowest BCUT2D eigenvalue weighted by molar-refractivity contribution is -0.123. The Kier molecular flexibility index (Phi) is 3.70. The van der Waals surface area contributed by atoms with Crippen LogP contribution in [0.25, 0.3) is 0 Å². The molecule has 0 spiro atoms. The molecule has 0 aromatic carbocycles. The van der Waals surface area contributed by atoms with Crippen LogP contribution in [0.4, 0.5) is 0 Å². The van der Waals surface area contributed by atoms with Gasteiger partial charge in [-0.15, -0.1) is 0 Å². The van der Waals surface area contributed by atoms with Crippen LogP contribution >= 0.6 is 0 Å². The van der Waals surface area contributed by atoms with Crippen molar-refractivity contribution in [2.45, 2.75) is 33.1 Å². The molecule has 0 N–H and O–H groups in total. The van der Waals surface area contributed by atoms with E-state index >= 15 is 0 Å². The minimum atomic E-state index is -2.90. The third kappa shape index (κ3) is 3.08. The van der Waals surface area contributed by atoms with Crippen LogP contribution in [0.5, 0.6) is 0 Å². The minimum absolute atomic E-state index is 0.0856. The summed E-state index contributed by atoms with van der Waals surface area (Å²) in [5, 5.41) is 0. The number of rotatable bonds is 4. The van der Waals surface area contributed by atoms with Crippen molar-refractivity contribution >= 4 is 15.6 Å². The Labute approximate surface area is 85.8 Å². The highest BCUT2D eigenvalue weighted by molar-refractivity contribution is 7.91. The zero-order valence-corrected chi connectivity index (χ0v) is 9.64. The molecule has 1 fully saturated rings. The van der Waals surface area contributed by atoms with E-state index in [4.69, 9.17) is 0 Å². The predicted molar refractivity (Wildman–Crippen MR) is 55.8 cm³/mol. The second-order valence-electron chi connectivity index (χ2n) is 4.28. The highest BCUT2D eigenvalue weighted by Crippen LogP contribution is 2.22. The highest BCUT2D eigenvalue weighted by Gasteiger charge is 2.32. The summed E-state index contributed by atoms with van der Waals surface area (Å²) in [5.41, 5.74) is 0. The molecule has 1 aliphatic heterocycles. The van der Waals surface area contributed by atoms with Crippen LogP contribution in [0.15, 0.2) is 0 Å². The molecule has 0 amide bonds. The van der Waals surface area contributed by atoms with Crippen LogP contribution in [0.2, 0.25) is 0 Å². The molecule has 0 aromatic heterocycles. The van der Waals surface area contributed by atoms with Gasteiger partial charge in [-0.2, -0.15) is 0 Å². The van der Waals surface area contributed by atoms with Gasteiger partial charge in [0.2, 0.25) is 0 Å². The van der Waals surface area contributed by atoms with Gasteiger partial charge < -0.3 is 0 Å². The quantitative estimate of drug-likeness (QED) is 0.717. The Bertz CT molecular complexity index is 305. The second kappa shape index (κ2) is 4.43. The lowest BCUT2D eigenvalue weighted by Crippen LogP contribution is -2.18. The molecule has 0 aromatic rings. The summed E-state index contributed by atoms with van der Waals surface area (Å²) < 4.78 is 22.3. The van der Waals surface area contributed by atoms with E-state index in [0.717, 1.165) is 6.42 Å². The van der Waals surface area contributed by atoms with Crippen molar-refractivity contribution in [1.29, 1.82) is 0 Å².